The van der Waals surface area contributed by atoms with E-state index in [0.717, 1.165) is 57.8 Å². The number of rotatable bonds is 3. The summed E-state index contributed by atoms with van der Waals surface area (Å²) in [6.07, 6.45) is 8.88. The van der Waals surface area contributed by atoms with Crippen LogP contribution in [0.3, 0.4) is 0 Å². The summed E-state index contributed by atoms with van der Waals surface area (Å²) in [5.41, 5.74) is 0.350. The Labute approximate surface area is 163 Å². The molecule has 2 aliphatic heterocycles. The van der Waals surface area contributed by atoms with E-state index in [1.165, 1.54) is 25.7 Å². The summed E-state index contributed by atoms with van der Waals surface area (Å²) in [6, 6.07) is 0.689. The fourth-order valence-corrected chi connectivity index (χ4v) is 6.24. The van der Waals surface area contributed by atoms with Crippen LogP contribution in [0.4, 0.5) is 4.79 Å². The number of amides is 1. The zero-order valence-corrected chi connectivity index (χ0v) is 17.1. The summed E-state index contributed by atoms with van der Waals surface area (Å²) >= 11 is 0. The van der Waals surface area contributed by atoms with Crippen LogP contribution in [0.15, 0.2) is 0 Å². The van der Waals surface area contributed by atoms with E-state index < -0.39 is 0 Å². The van der Waals surface area contributed by atoms with Gasteiger partial charge in [-0.2, -0.15) is 0 Å². The molecule has 2 saturated heterocycles. The smallest absolute Gasteiger partial charge is 0.409 e. The van der Waals surface area contributed by atoms with Crippen LogP contribution in [-0.4, -0.2) is 60.5 Å². The molecular weight excluding hydrogens is 340 g/mol. The molecule has 4 rings (SSSR count). The van der Waals surface area contributed by atoms with Crippen molar-refractivity contribution in [2.75, 3.05) is 32.8 Å². The summed E-state index contributed by atoms with van der Waals surface area (Å²) in [5.74, 6) is 2.23. The van der Waals surface area contributed by atoms with Gasteiger partial charge in [-0.25, -0.2) is 4.79 Å². The highest BCUT2D eigenvalue weighted by Gasteiger charge is 2.51. The first-order chi connectivity index (χ1) is 13.0. The summed E-state index contributed by atoms with van der Waals surface area (Å²) in [5, 5.41) is 0. The molecule has 2 aliphatic carbocycles. The Bertz CT molecular complexity index is 564. The third kappa shape index (κ3) is 3.90. The van der Waals surface area contributed by atoms with E-state index in [0.29, 0.717) is 35.7 Å². The number of piperidine rings is 1. The second-order valence-corrected chi connectivity index (χ2v) is 9.76. The Hall–Kier alpha value is -1.10. The predicted octanol–water partition coefficient (Wildman–Crippen LogP) is 3.71. The Kier molecular flexibility index (Phi) is 5.50. The second kappa shape index (κ2) is 7.73. The van der Waals surface area contributed by atoms with Crippen molar-refractivity contribution in [3.63, 3.8) is 0 Å². The standard InChI is InChI=1S/C22H36N2O3/c1-3-27-21(26)24-11-8-22(15-24)13-18(14-22)23-9-6-17(7-10-23)19-12-16(2)4-5-20(19)25/h16-19H,3-15H2,1-2H3. The van der Waals surface area contributed by atoms with Gasteiger partial charge >= 0.3 is 6.09 Å². The van der Waals surface area contributed by atoms with Crippen LogP contribution in [0.1, 0.15) is 65.2 Å². The van der Waals surface area contributed by atoms with Crippen LogP contribution < -0.4 is 0 Å². The summed E-state index contributed by atoms with van der Waals surface area (Å²) in [4.78, 5) is 28.9. The second-order valence-electron chi connectivity index (χ2n) is 9.76. The molecule has 2 heterocycles. The van der Waals surface area contributed by atoms with E-state index in [-0.39, 0.29) is 6.09 Å². The molecule has 0 radical (unpaired) electrons. The van der Waals surface area contributed by atoms with Crippen molar-refractivity contribution >= 4 is 11.9 Å². The van der Waals surface area contributed by atoms with Gasteiger partial charge in [0.05, 0.1) is 6.61 Å². The van der Waals surface area contributed by atoms with Gasteiger partial charge in [-0.15, -0.1) is 0 Å². The van der Waals surface area contributed by atoms with Crippen molar-refractivity contribution in [3.05, 3.63) is 0 Å². The van der Waals surface area contributed by atoms with E-state index in [2.05, 4.69) is 11.8 Å². The lowest BCUT2D eigenvalue weighted by Crippen LogP contribution is -2.54. The van der Waals surface area contributed by atoms with Gasteiger partial charge in [0, 0.05) is 31.5 Å². The lowest BCUT2D eigenvalue weighted by atomic mass is 9.63. The van der Waals surface area contributed by atoms with Gasteiger partial charge in [0.25, 0.3) is 0 Å². The minimum Gasteiger partial charge on any atom is -0.450 e. The Morgan fingerprint density at radius 1 is 1.19 bits per heavy atom. The predicted molar refractivity (Wildman–Crippen MR) is 104 cm³/mol. The molecule has 0 aromatic carbocycles. The number of ketones is 1. The number of carbonyl (C=O) groups excluding carboxylic acids is 2. The number of ether oxygens (including phenoxy) is 1. The van der Waals surface area contributed by atoms with Crippen LogP contribution in [0, 0.1) is 23.2 Å². The highest BCUT2D eigenvalue weighted by molar-refractivity contribution is 5.82. The summed E-state index contributed by atoms with van der Waals surface area (Å²) in [6.45, 7) is 8.69. The molecule has 4 aliphatic rings. The maximum atomic E-state index is 12.4. The number of carbonyl (C=O) groups is 2. The molecule has 152 valence electrons. The Morgan fingerprint density at radius 3 is 2.63 bits per heavy atom. The van der Waals surface area contributed by atoms with Gasteiger partial charge in [-0.3, -0.25) is 4.79 Å². The zero-order chi connectivity index (χ0) is 19.0. The first kappa shape index (κ1) is 19.2. The molecule has 0 aromatic rings. The lowest BCUT2D eigenvalue weighted by molar-refractivity contribution is -0.128. The fraction of sp³-hybridized carbons (Fsp3) is 0.909. The normalized spacial score (nSPS) is 38.2. The number of Topliss-reactive ketones (excluding diaryl/α,β-unsaturated/α-hetero) is 1. The van der Waals surface area contributed by atoms with E-state index in [1.54, 1.807) is 0 Å². The minimum atomic E-state index is -0.134. The van der Waals surface area contributed by atoms with E-state index in [9.17, 15) is 9.59 Å². The molecule has 27 heavy (non-hydrogen) atoms. The summed E-state index contributed by atoms with van der Waals surface area (Å²) in [7, 11) is 0. The SMILES string of the molecule is CCOC(=O)N1CCC2(CC(N3CCC(C4CC(C)CCC4=O)CC3)C2)C1. The van der Waals surface area contributed by atoms with Crippen LogP contribution in [0.5, 0.6) is 0 Å². The third-order valence-electron chi connectivity index (χ3n) is 7.91. The van der Waals surface area contributed by atoms with Crippen molar-refractivity contribution in [2.24, 2.45) is 23.2 Å². The van der Waals surface area contributed by atoms with Gasteiger partial charge < -0.3 is 14.5 Å². The zero-order valence-electron chi connectivity index (χ0n) is 17.1. The molecule has 0 N–H and O–H groups in total. The summed E-state index contributed by atoms with van der Waals surface area (Å²) < 4.78 is 5.17. The van der Waals surface area contributed by atoms with E-state index in [4.69, 9.17) is 4.74 Å². The molecular formula is C22H36N2O3. The van der Waals surface area contributed by atoms with Crippen molar-refractivity contribution in [3.8, 4) is 0 Å². The quantitative estimate of drug-likeness (QED) is 0.753. The van der Waals surface area contributed by atoms with Crippen molar-refractivity contribution in [1.82, 2.24) is 9.80 Å². The fourth-order valence-electron chi connectivity index (χ4n) is 6.24. The number of hydrogen-bond acceptors (Lipinski definition) is 4. The molecule has 0 aromatic heterocycles. The van der Waals surface area contributed by atoms with Crippen LogP contribution in [-0.2, 0) is 9.53 Å². The largest absolute Gasteiger partial charge is 0.450 e. The van der Waals surface area contributed by atoms with E-state index >= 15 is 0 Å². The van der Waals surface area contributed by atoms with Crippen molar-refractivity contribution < 1.29 is 14.3 Å². The molecule has 2 saturated carbocycles. The number of hydrogen-bond donors (Lipinski definition) is 0. The molecule has 4 fully saturated rings. The maximum Gasteiger partial charge on any atom is 0.409 e. The molecule has 2 unspecified atom stereocenters. The molecule has 5 nitrogen and oxygen atoms in total. The minimum absolute atomic E-state index is 0.134. The van der Waals surface area contributed by atoms with Crippen LogP contribution in [0.2, 0.25) is 0 Å². The molecule has 2 atom stereocenters. The topological polar surface area (TPSA) is 49.9 Å². The van der Waals surface area contributed by atoms with E-state index in [1.807, 2.05) is 11.8 Å². The van der Waals surface area contributed by atoms with Crippen molar-refractivity contribution in [1.29, 1.82) is 0 Å². The van der Waals surface area contributed by atoms with Crippen molar-refractivity contribution in [2.45, 2.75) is 71.3 Å². The highest BCUT2D eigenvalue weighted by Crippen LogP contribution is 2.51. The van der Waals surface area contributed by atoms with Gasteiger partial charge in [-0.05, 0) is 82.2 Å². The Morgan fingerprint density at radius 2 is 1.93 bits per heavy atom. The first-order valence-corrected chi connectivity index (χ1v) is 11.2. The molecule has 1 spiro atoms. The van der Waals surface area contributed by atoms with Crippen LogP contribution >= 0.6 is 0 Å². The van der Waals surface area contributed by atoms with Gasteiger partial charge in [0.2, 0.25) is 0 Å². The average Bonchev–Trinajstić information content (AvgIpc) is 3.09. The molecule has 0 bridgehead atoms. The molecule has 1 amide bonds. The monoisotopic (exact) mass is 376 g/mol. The average molecular weight is 377 g/mol. The first-order valence-electron chi connectivity index (χ1n) is 11.2. The van der Waals surface area contributed by atoms with Gasteiger partial charge in [-0.1, -0.05) is 6.92 Å². The van der Waals surface area contributed by atoms with Crippen LogP contribution in [0.25, 0.3) is 0 Å². The third-order valence-corrected chi connectivity index (χ3v) is 7.91. The van der Waals surface area contributed by atoms with Gasteiger partial charge in [0.15, 0.2) is 0 Å². The molecule has 5 heteroatoms. The Balaban J connectivity index is 1.23. The number of nitrogens with zero attached hydrogens (tertiary/aromatic N) is 2. The highest BCUT2D eigenvalue weighted by atomic mass is 16.6. The van der Waals surface area contributed by atoms with Gasteiger partial charge in [0.1, 0.15) is 5.78 Å². The maximum absolute atomic E-state index is 12.4. The number of likely N-dealkylation sites (tertiary alicyclic amines) is 2. The lowest BCUT2D eigenvalue weighted by Gasteiger charge is -2.52.